The summed E-state index contributed by atoms with van der Waals surface area (Å²) in [5, 5.41) is 47.2. The SMILES string of the molecule is CCOC(=O)C1(O)C[C@@H](O)[C@H](O)[C@@H]([C@H](O)CO)O1. The third kappa shape index (κ3) is 2.97. The number of hydrogen-bond acceptors (Lipinski definition) is 8. The molecule has 0 radical (unpaired) electrons. The highest BCUT2D eigenvalue weighted by Gasteiger charge is 2.52. The van der Waals surface area contributed by atoms with Gasteiger partial charge in [0.15, 0.2) is 0 Å². The first-order valence-corrected chi connectivity index (χ1v) is 5.58. The monoisotopic (exact) mass is 266 g/mol. The van der Waals surface area contributed by atoms with Crippen molar-refractivity contribution in [3.8, 4) is 0 Å². The summed E-state index contributed by atoms with van der Waals surface area (Å²) in [6.45, 7) is 0.763. The number of esters is 1. The molecule has 1 unspecified atom stereocenters. The van der Waals surface area contributed by atoms with Crippen LogP contribution in [0.1, 0.15) is 13.3 Å². The highest BCUT2D eigenvalue weighted by Crippen LogP contribution is 2.30. The van der Waals surface area contributed by atoms with Gasteiger partial charge in [-0.1, -0.05) is 0 Å². The van der Waals surface area contributed by atoms with Gasteiger partial charge in [-0.2, -0.15) is 0 Å². The molecule has 0 bridgehead atoms. The van der Waals surface area contributed by atoms with Gasteiger partial charge in [0.05, 0.1) is 19.3 Å². The number of carbonyl (C=O) groups is 1. The molecular formula is C10H18O8. The number of aliphatic hydroxyl groups is 5. The Kier molecular flexibility index (Phi) is 5.02. The Morgan fingerprint density at radius 3 is 2.67 bits per heavy atom. The maximum Gasteiger partial charge on any atom is 0.366 e. The lowest BCUT2D eigenvalue weighted by molar-refractivity contribution is -0.310. The van der Waals surface area contributed by atoms with Crippen LogP contribution in [-0.2, 0) is 14.3 Å². The predicted octanol–water partition coefficient (Wildman–Crippen LogP) is -2.90. The average Bonchev–Trinajstić information content (AvgIpc) is 2.33. The molecule has 0 spiro atoms. The van der Waals surface area contributed by atoms with Crippen molar-refractivity contribution < 1.29 is 39.8 Å². The van der Waals surface area contributed by atoms with Crippen LogP contribution in [0, 0.1) is 0 Å². The van der Waals surface area contributed by atoms with E-state index in [2.05, 4.69) is 4.74 Å². The molecule has 0 aliphatic carbocycles. The minimum Gasteiger partial charge on any atom is -0.462 e. The quantitative estimate of drug-likeness (QED) is 0.342. The van der Waals surface area contributed by atoms with Crippen LogP contribution in [0.4, 0.5) is 0 Å². The summed E-state index contributed by atoms with van der Waals surface area (Å²) in [6.07, 6.45) is -6.63. The van der Waals surface area contributed by atoms with E-state index in [0.717, 1.165) is 0 Å². The van der Waals surface area contributed by atoms with Crippen LogP contribution in [0.3, 0.4) is 0 Å². The van der Waals surface area contributed by atoms with Gasteiger partial charge in [0.25, 0.3) is 5.79 Å². The van der Waals surface area contributed by atoms with Crippen molar-refractivity contribution in [1.82, 2.24) is 0 Å². The fraction of sp³-hybridized carbons (Fsp3) is 0.900. The molecule has 1 aliphatic rings. The zero-order chi connectivity index (χ0) is 13.9. The standard InChI is InChI=1S/C10H18O8/c1-2-17-9(15)10(16)3-5(12)7(14)8(18-10)6(13)4-11/h5-8,11-14,16H,2-4H2,1H3/t5-,6-,7+,8-,10?/m1/s1. The van der Waals surface area contributed by atoms with E-state index in [1.165, 1.54) is 6.92 Å². The van der Waals surface area contributed by atoms with Gasteiger partial charge < -0.3 is 35.0 Å². The predicted molar refractivity (Wildman–Crippen MR) is 56.2 cm³/mol. The van der Waals surface area contributed by atoms with Crippen molar-refractivity contribution in [2.24, 2.45) is 0 Å². The summed E-state index contributed by atoms with van der Waals surface area (Å²) in [5.41, 5.74) is 0. The normalized spacial score (nSPS) is 38.2. The van der Waals surface area contributed by atoms with E-state index in [-0.39, 0.29) is 6.61 Å². The Morgan fingerprint density at radius 2 is 2.17 bits per heavy atom. The molecule has 1 fully saturated rings. The zero-order valence-corrected chi connectivity index (χ0v) is 9.89. The van der Waals surface area contributed by atoms with Crippen LogP contribution in [-0.4, -0.2) is 74.9 Å². The second-order valence-corrected chi connectivity index (χ2v) is 4.10. The lowest BCUT2D eigenvalue weighted by Crippen LogP contribution is -2.62. The van der Waals surface area contributed by atoms with E-state index in [1.807, 2.05) is 0 Å². The highest BCUT2D eigenvalue weighted by atomic mass is 16.7. The van der Waals surface area contributed by atoms with Crippen molar-refractivity contribution in [3.05, 3.63) is 0 Å². The molecule has 106 valence electrons. The van der Waals surface area contributed by atoms with Crippen LogP contribution in [0.2, 0.25) is 0 Å². The fourth-order valence-electron chi connectivity index (χ4n) is 1.75. The molecule has 5 atom stereocenters. The third-order valence-corrected chi connectivity index (χ3v) is 2.71. The number of carbonyl (C=O) groups excluding carboxylic acids is 1. The molecule has 0 aromatic carbocycles. The second-order valence-electron chi connectivity index (χ2n) is 4.10. The molecular weight excluding hydrogens is 248 g/mol. The second kappa shape index (κ2) is 5.91. The first kappa shape index (κ1) is 15.3. The summed E-state index contributed by atoms with van der Waals surface area (Å²) in [4.78, 5) is 11.5. The van der Waals surface area contributed by atoms with E-state index in [9.17, 15) is 25.2 Å². The van der Waals surface area contributed by atoms with Gasteiger partial charge in [0.1, 0.15) is 18.3 Å². The molecule has 0 aromatic rings. The van der Waals surface area contributed by atoms with Crippen LogP contribution < -0.4 is 0 Å². The van der Waals surface area contributed by atoms with Crippen molar-refractivity contribution in [3.63, 3.8) is 0 Å². The number of ether oxygens (including phenoxy) is 2. The third-order valence-electron chi connectivity index (χ3n) is 2.71. The molecule has 1 heterocycles. The van der Waals surface area contributed by atoms with E-state index >= 15 is 0 Å². The highest BCUT2D eigenvalue weighted by molar-refractivity contribution is 5.77. The Balaban J connectivity index is 2.87. The smallest absolute Gasteiger partial charge is 0.366 e. The summed E-state index contributed by atoms with van der Waals surface area (Å²) in [5.74, 6) is -3.57. The first-order valence-electron chi connectivity index (χ1n) is 5.58. The van der Waals surface area contributed by atoms with Crippen LogP contribution >= 0.6 is 0 Å². The molecule has 0 amide bonds. The molecule has 1 aliphatic heterocycles. The number of rotatable bonds is 4. The van der Waals surface area contributed by atoms with Crippen molar-refractivity contribution in [2.45, 2.75) is 43.5 Å². The Bertz CT molecular complexity index is 296. The Morgan fingerprint density at radius 1 is 1.56 bits per heavy atom. The van der Waals surface area contributed by atoms with Crippen molar-refractivity contribution in [1.29, 1.82) is 0 Å². The molecule has 1 saturated heterocycles. The number of hydrogen-bond donors (Lipinski definition) is 5. The first-order chi connectivity index (χ1) is 8.35. The lowest BCUT2D eigenvalue weighted by Gasteiger charge is -2.41. The Labute approximate surface area is 103 Å². The maximum atomic E-state index is 11.5. The molecule has 0 saturated carbocycles. The fourth-order valence-corrected chi connectivity index (χ4v) is 1.75. The molecule has 8 nitrogen and oxygen atoms in total. The van der Waals surface area contributed by atoms with Crippen molar-refractivity contribution >= 4 is 5.97 Å². The van der Waals surface area contributed by atoms with Crippen LogP contribution in [0.15, 0.2) is 0 Å². The van der Waals surface area contributed by atoms with Gasteiger partial charge in [0.2, 0.25) is 0 Å². The zero-order valence-electron chi connectivity index (χ0n) is 9.89. The average molecular weight is 266 g/mol. The molecule has 18 heavy (non-hydrogen) atoms. The molecule has 8 heteroatoms. The van der Waals surface area contributed by atoms with Crippen molar-refractivity contribution in [2.75, 3.05) is 13.2 Å². The van der Waals surface area contributed by atoms with Gasteiger partial charge >= 0.3 is 5.97 Å². The van der Waals surface area contributed by atoms with Gasteiger partial charge in [-0.3, -0.25) is 0 Å². The summed E-state index contributed by atoms with van der Waals surface area (Å²) < 4.78 is 9.46. The Hall–Kier alpha value is -0.770. The van der Waals surface area contributed by atoms with E-state index < -0.39 is 49.2 Å². The largest absolute Gasteiger partial charge is 0.462 e. The topological polar surface area (TPSA) is 137 Å². The maximum absolute atomic E-state index is 11.5. The summed E-state index contributed by atoms with van der Waals surface area (Å²) in [7, 11) is 0. The van der Waals surface area contributed by atoms with Crippen LogP contribution in [0.5, 0.6) is 0 Å². The summed E-state index contributed by atoms with van der Waals surface area (Å²) in [6, 6.07) is 0. The van der Waals surface area contributed by atoms with E-state index in [4.69, 9.17) is 9.84 Å². The minimum absolute atomic E-state index is 0.00360. The molecule has 0 aromatic heterocycles. The molecule has 5 N–H and O–H groups in total. The summed E-state index contributed by atoms with van der Waals surface area (Å²) >= 11 is 0. The minimum atomic E-state index is -2.45. The van der Waals surface area contributed by atoms with E-state index in [1.54, 1.807) is 0 Å². The lowest BCUT2D eigenvalue weighted by atomic mass is 9.93. The number of aliphatic hydroxyl groups excluding tert-OH is 4. The van der Waals surface area contributed by atoms with Gasteiger partial charge in [0, 0.05) is 6.42 Å². The molecule has 1 rings (SSSR count). The van der Waals surface area contributed by atoms with E-state index in [0.29, 0.717) is 0 Å². The van der Waals surface area contributed by atoms with Gasteiger partial charge in [-0.15, -0.1) is 0 Å². The van der Waals surface area contributed by atoms with Gasteiger partial charge in [-0.25, -0.2) is 4.79 Å². The van der Waals surface area contributed by atoms with Crippen LogP contribution in [0.25, 0.3) is 0 Å². The van der Waals surface area contributed by atoms with Gasteiger partial charge in [-0.05, 0) is 6.92 Å².